The molecule has 1 atom stereocenters. The second-order valence-corrected chi connectivity index (χ2v) is 7.13. The van der Waals surface area contributed by atoms with Crippen LogP contribution in [0.15, 0.2) is 6.07 Å². The fourth-order valence-electron chi connectivity index (χ4n) is 2.94. The number of rotatable bonds is 5. The van der Waals surface area contributed by atoms with Gasteiger partial charge in [-0.25, -0.2) is 0 Å². The predicted molar refractivity (Wildman–Crippen MR) is 80.0 cm³/mol. The van der Waals surface area contributed by atoms with Crippen LogP contribution in [0.5, 0.6) is 0 Å². The molecular weight excluding hydrogens is 270 g/mol. The van der Waals surface area contributed by atoms with Crippen molar-refractivity contribution < 1.29 is 9.59 Å². The molecule has 1 fully saturated rings. The summed E-state index contributed by atoms with van der Waals surface area (Å²) in [5.74, 6) is 1.05. The Morgan fingerprint density at radius 1 is 1.30 bits per heavy atom. The maximum Gasteiger partial charge on any atom is 0.223 e. The van der Waals surface area contributed by atoms with Crippen molar-refractivity contribution >= 4 is 23.0 Å². The summed E-state index contributed by atoms with van der Waals surface area (Å²) in [5.41, 5.74) is 1.30. The lowest BCUT2D eigenvalue weighted by Gasteiger charge is -2.20. The summed E-state index contributed by atoms with van der Waals surface area (Å²) in [7, 11) is 0. The SMILES string of the molecule is CCNC(=O)C1CCc2sc(CC(=O)C3CC3)cc2C1. The standard InChI is InChI=1S/C16H21NO2S/c1-2-17-16(19)11-5-6-15-12(7-11)8-13(20-15)9-14(18)10-3-4-10/h8,10-11H,2-7,9H2,1H3,(H,17,19). The number of hydrogen-bond donors (Lipinski definition) is 1. The van der Waals surface area contributed by atoms with Gasteiger partial charge in [0.25, 0.3) is 0 Å². The molecule has 0 radical (unpaired) electrons. The molecule has 1 aromatic heterocycles. The molecule has 4 heteroatoms. The van der Waals surface area contributed by atoms with Gasteiger partial charge in [-0.15, -0.1) is 11.3 Å². The molecule has 1 heterocycles. The van der Waals surface area contributed by atoms with E-state index in [0.29, 0.717) is 24.7 Å². The van der Waals surface area contributed by atoms with Crippen molar-refractivity contribution in [3.8, 4) is 0 Å². The topological polar surface area (TPSA) is 46.2 Å². The van der Waals surface area contributed by atoms with Crippen molar-refractivity contribution in [1.82, 2.24) is 5.32 Å². The Morgan fingerprint density at radius 2 is 2.10 bits per heavy atom. The van der Waals surface area contributed by atoms with Crippen LogP contribution in [0.4, 0.5) is 0 Å². The molecule has 0 saturated heterocycles. The van der Waals surface area contributed by atoms with E-state index < -0.39 is 0 Å². The van der Waals surface area contributed by atoms with Gasteiger partial charge in [-0.3, -0.25) is 9.59 Å². The molecule has 20 heavy (non-hydrogen) atoms. The van der Waals surface area contributed by atoms with Crippen LogP contribution in [-0.4, -0.2) is 18.2 Å². The van der Waals surface area contributed by atoms with Crippen molar-refractivity contribution in [3.63, 3.8) is 0 Å². The molecule has 0 spiro atoms. The Kier molecular flexibility index (Phi) is 3.92. The number of aryl methyl sites for hydroxylation is 1. The van der Waals surface area contributed by atoms with E-state index in [1.807, 2.05) is 6.92 Å². The normalized spacial score (nSPS) is 21.4. The minimum atomic E-state index is 0.115. The zero-order valence-electron chi connectivity index (χ0n) is 11.9. The number of ketones is 1. The minimum Gasteiger partial charge on any atom is -0.356 e. The highest BCUT2D eigenvalue weighted by atomic mass is 32.1. The van der Waals surface area contributed by atoms with Crippen molar-refractivity contribution in [2.24, 2.45) is 11.8 Å². The molecule has 1 unspecified atom stereocenters. The van der Waals surface area contributed by atoms with E-state index in [2.05, 4.69) is 11.4 Å². The number of carbonyl (C=O) groups is 2. The summed E-state index contributed by atoms with van der Waals surface area (Å²) < 4.78 is 0. The molecule has 3 nitrogen and oxygen atoms in total. The molecular formula is C16H21NO2S. The van der Waals surface area contributed by atoms with E-state index in [-0.39, 0.29) is 11.8 Å². The van der Waals surface area contributed by atoms with Crippen LogP contribution in [0.3, 0.4) is 0 Å². The third kappa shape index (κ3) is 2.95. The number of Topliss-reactive ketones (excluding diaryl/α,β-unsaturated/α-hetero) is 1. The van der Waals surface area contributed by atoms with Crippen molar-refractivity contribution in [2.45, 2.75) is 45.4 Å². The van der Waals surface area contributed by atoms with Crippen LogP contribution >= 0.6 is 11.3 Å². The molecule has 1 saturated carbocycles. The summed E-state index contributed by atoms with van der Waals surface area (Å²) in [5, 5.41) is 2.92. The van der Waals surface area contributed by atoms with Gasteiger partial charge in [-0.05, 0) is 50.7 Å². The van der Waals surface area contributed by atoms with E-state index >= 15 is 0 Å². The van der Waals surface area contributed by atoms with Crippen LogP contribution in [0, 0.1) is 11.8 Å². The lowest BCUT2D eigenvalue weighted by atomic mass is 9.87. The highest BCUT2D eigenvalue weighted by Crippen LogP contribution is 2.35. The Bertz CT molecular complexity index is 531. The smallest absolute Gasteiger partial charge is 0.223 e. The van der Waals surface area contributed by atoms with Gasteiger partial charge in [0.15, 0.2) is 0 Å². The van der Waals surface area contributed by atoms with Crippen LogP contribution in [0.25, 0.3) is 0 Å². The number of carbonyl (C=O) groups excluding carboxylic acids is 2. The Balaban J connectivity index is 1.65. The van der Waals surface area contributed by atoms with Crippen molar-refractivity contribution in [1.29, 1.82) is 0 Å². The summed E-state index contributed by atoms with van der Waals surface area (Å²) in [6, 6.07) is 2.17. The molecule has 2 aliphatic carbocycles. The Hall–Kier alpha value is -1.16. The van der Waals surface area contributed by atoms with E-state index in [4.69, 9.17) is 0 Å². The molecule has 2 aliphatic rings. The highest BCUT2D eigenvalue weighted by molar-refractivity contribution is 7.12. The second kappa shape index (κ2) is 5.68. The maximum atomic E-state index is 11.9. The number of hydrogen-bond acceptors (Lipinski definition) is 3. The van der Waals surface area contributed by atoms with E-state index in [1.54, 1.807) is 11.3 Å². The average Bonchev–Trinajstić information content (AvgIpc) is 3.19. The molecule has 1 aromatic rings. The summed E-state index contributed by atoms with van der Waals surface area (Å²) in [6.45, 7) is 2.66. The largest absolute Gasteiger partial charge is 0.356 e. The third-order valence-corrected chi connectivity index (χ3v) is 5.47. The fourth-order valence-corrected chi connectivity index (χ4v) is 4.16. The molecule has 0 aromatic carbocycles. The Morgan fingerprint density at radius 3 is 2.80 bits per heavy atom. The van der Waals surface area contributed by atoms with E-state index in [9.17, 15) is 9.59 Å². The molecule has 108 valence electrons. The van der Waals surface area contributed by atoms with Gasteiger partial charge in [-0.1, -0.05) is 0 Å². The lowest BCUT2D eigenvalue weighted by molar-refractivity contribution is -0.125. The van der Waals surface area contributed by atoms with E-state index in [0.717, 1.165) is 32.1 Å². The second-order valence-electron chi connectivity index (χ2n) is 5.91. The lowest BCUT2D eigenvalue weighted by Crippen LogP contribution is -2.33. The monoisotopic (exact) mass is 291 g/mol. The predicted octanol–water partition coefficient (Wildman–Crippen LogP) is 2.51. The number of nitrogens with one attached hydrogen (secondary N) is 1. The first kappa shape index (κ1) is 13.8. The first-order chi connectivity index (χ1) is 9.67. The van der Waals surface area contributed by atoms with Crippen LogP contribution < -0.4 is 5.32 Å². The van der Waals surface area contributed by atoms with Crippen LogP contribution in [-0.2, 0) is 28.9 Å². The average molecular weight is 291 g/mol. The zero-order chi connectivity index (χ0) is 14.1. The maximum absolute atomic E-state index is 11.9. The number of amides is 1. The molecule has 1 N–H and O–H groups in total. The van der Waals surface area contributed by atoms with Gasteiger partial charge >= 0.3 is 0 Å². The Labute approximate surface area is 123 Å². The van der Waals surface area contributed by atoms with Gasteiger partial charge in [0, 0.05) is 34.6 Å². The van der Waals surface area contributed by atoms with Gasteiger partial charge in [0.05, 0.1) is 0 Å². The van der Waals surface area contributed by atoms with Gasteiger partial charge < -0.3 is 5.32 Å². The van der Waals surface area contributed by atoms with Gasteiger partial charge in [0.2, 0.25) is 5.91 Å². The van der Waals surface area contributed by atoms with E-state index in [1.165, 1.54) is 15.3 Å². The minimum absolute atomic E-state index is 0.115. The summed E-state index contributed by atoms with van der Waals surface area (Å²) >= 11 is 1.78. The highest BCUT2D eigenvalue weighted by Gasteiger charge is 2.31. The number of fused-ring (bicyclic) bond motifs is 1. The first-order valence-electron chi connectivity index (χ1n) is 7.58. The van der Waals surface area contributed by atoms with Gasteiger partial charge in [0.1, 0.15) is 5.78 Å². The number of thiophene rings is 1. The molecule has 0 aliphatic heterocycles. The molecule has 3 rings (SSSR count). The zero-order valence-corrected chi connectivity index (χ0v) is 12.7. The first-order valence-corrected chi connectivity index (χ1v) is 8.40. The van der Waals surface area contributed by atoms with Crippen molar-refractivity contribution in [2.75, 3.05) is 6.54 Å². The molecule has 0 bridgehead atoms. The quantitative estimate of drug-likeness (QED) is 0.906. The molecule has 1 amide bonds. The summed E-state index contributed by atoms with van der Waals surface area (Å²) in [6.07, 6.45) is 5.55. The van der Waals surface area contributed by atoms with Crippen molar-refractivity contribution in [3.05, 3.63) is 21.4 Å². The van der Waals surface area contributed by atoms with Crippen LogP contribution in [0.1, 0.15) is 41.5 Å². The fraction of sp³-hybridized carbons (Fsp3) is 0.625. The van der Waals surface area contributed by atoms with Crippen LogP contribution in [0.2, 0.25) is 0 Å². The summed E-state index contributed by atoms with van der Waals surface area (Å²) in [4.78, 5) is 26.4. The third-order valence-electron chi connectivity index (χ3n) is 4.24. The van der Waals surface area contributed by atoms with Gasteiger partial charge in [-0.2, -0.15) is 0 Å².